The number of aromatic nitrogens is 1. The second-order valence-corrected chi connectivity index (χ2v) is 9.40. The van der Waals surface area contributed by atoms with Gasteiger partial charge in [-0.3, -0.25) is 4.79 Å². The number of alkyl halides is 3. The molecule has 1 N–H and O–H groups in total. The van der Waals surface area contributed by atoms with E-state index in [-0.39, 0.29) is 18.4 Å². The average Bonchev–Trinajstić information content (AvgIpc) is 3.66. The SMILES string of the molecule is O=C(NCC1CCCC/C1=N\OCC(F)(F)F)c1cnc(OCC2CC2)c(-c2ccc(Cl)cc2)c1. The van der Waals surface area contributed by atoms with E-state index in [1.165, 1.54) is 6.20 Å². The van der Waals surface area contributed by atoms with Crippen LogP contribution < -0.4 is 10.1 Å². The summed E-state index contributed by atoms with van der Waals surface area (Å²) in [4.78, 5) is 21.8. The van der Waals surface area contributed by atoms with E-state index < -0.39 is 12.8 Å². The first-order valence-corrected chi connectivity index (χ1v) is 12.1. The Morgan fingerprint density at radius 3 is 2.66 bits per heavy atom. The van der Waals surface area contributed by atoms with Crippen molar-refractivity contribution >= 4 is 23.2 Å². The molecule has 1 heterocycles. The Morgan fingerprint density at radius 1 is 1.17 bits per heavy atom. The first-order valence-electron chi connectivity index (χ1n) is 11.7. The molecule has 2 aromatic rings. The van der Waals surface area contributed by atoms with Gasteiger partial charge in [0.15, 0.2) is 0 Å². The van der Waals surface area contributed by atoms with E-state index in [0.29, 0.717) is 46.7 Å². The lowest BCUT2D eigenvalue weighted by atomic mass is 9.87. The summed E-state index contributed by atoms with van der Waals surface area (Å²) in [5.74, 6) is 0.497. The number of halogens is 4. The fourth-order valence-corrected chi connectivity index (χ4v) is 4.05. The molecule has 2 aliphatic rings. The predicted molar refractivity (Wildman–Crippen MR) is 127 cm³/mol. The highest BCUT2D eigenvalue weighted by atomic mass is 35.5. The highest BCUT2D eigenvalue weighted by Crippen LogP contribution is 2.33. The number of benzene rings is 1. The molecule has 0 bridgehead atoms. The van der Waals surface area contributed by atoms with Crippen molar-refractivity contribution in [2.45, 2.75) is 44.7 Å². The first-order chi connectivity index (χ1) is 16.8. The van der Waals surface area contributed by atoms with Gasteiger partial charge in [-0.25, -0.2) is 4.98 Å². The molecule has 0 saturated heterocycles. The lowest BCUT2D eigenvalue weighted by Gasteiger charge is -2.24. The molecule has 1 atom stereocenters. The lowest BCUT2D eigenvalue weighted by molar-refractivity contribution is -0.174. The van der Waals surface area contributed by atoms with Crippen LogP contribution in [0.15, 0.2) is 41.7 Å². The number of amides is 1. The molecule has 0 radical (unpaired) electrons. The largest absolute Gasteiger partial charge is 0.477 e. The van der Waals surface area contributed by atoms with Crippen molar-refractivity contribution in [3.63, 3.8) is 0 Å². The van der Waals surface area contributed by atoms with Crippen LogP contribution in [-0.2, 0) is 4.84 Å². The molecule has 4 rings (SSSR count). The van der Waals surface area contributed by atoms with E-state index in [9.17, 15) is 18.0 Å². The van der Waals surface area contributed by atoms with Crippen molar-refractivity contribution in [3.8, 4) is 17.0 Å². The minimum atomic E-state index is -4.44. The lowest BCUT2D eigenvalue weighted by Crippen LogP contribution is -2.35. The van der Waals surface area contributed by atoms with Crippen LogP contribution in [0.5, 0.6) is 5.88 Å². The fourth-order valence-electron chi connectivity index (χ4n) is 3.92. The standard InChI is InChI=1S/C25H27ClF3N3O3/c26-20-9-7-17(8-10-20)21-11-19(13-31-24(21)34-14-16-5-6-16)23(33)30-12-18-3-1-2-4-22(18)32-35-15-25(27,28)29/h7-11,13,16,18H,1-6,12,14-15H2,(H,30,33)/b32-22+. The molecule has 0 spiro atoms. The molecule has 10 heteroatoms. The van der Waals surface area contributed by atoms with Gasteiger partial charge in [-0.1, -0.05) is 35.3 Å². The molecule has 0 aliphatic heterocycles. The summed E-state index contributed by atoms with van der Waals surface area (Å²) in [6, 6.07) is 8.95. The van der Waals surface area contributed by atoms with Crippen LogP contribution in [-0.4, -0.2) is 42.5 Å². The highest BCUT2D eigenvalue weighted by molar-refractivity contribution is 6.30. The number of carbonyl (C=O) groups is 1. The summed E-state index contributed by atoms with van der Waals surface area (Å²) in [7, 11) is 0. The van der Waals surface area contributed by atoms with Crippen LogP contribution in [0.2, 0.25) is 5.02 Å². The predicted octanol–water partition coefficient (Wildman–Crippen LogP) is 6.05. The Kier molecular flexibility index (Phi) is 8.15. The van der Waals surface area contributed by atoms with Gasteiger partial charge in [-0.05, 0) is 61.8 Å². The number of nitrogens with zero attached hydrogens (tertiary/aromatic N) is 2. The van der Waals surface area contributed by atoms with Gasteiger partial charge in [0.1, 0.15) is 0 Å². The summed E-state index contributed by atoms with van der Waals surface area (Å²) in [6.07, 6.45) is 2.33. The van der Waals surface area contributed by atoms with Gasteiger partial charge in [0, 0.05) is 29.2 Å². The Labute approximate surface area is 206 Å². The van der Waals surface area contributed by atoms with E-state index in [0.717, 1.165) is 37.7 Å². The summed E-state index contributed by atoms with van der Waals surface area (Å²) < 4.78 is 43.0. The Bertz CT molecular complexity index is 1060. The molecule has 6 nitrogen and oxygen atoms in total. The number of ether oxygens (including phenoxy) is 1. The van der Waals surface area contributed by atoms with E-state index in [2.05, 4.69) is 20.3 Å². The zero-order valence-electron chi connectivity index (χ0n) is 19.1. The van der Waals surface area contributed by atoms with Crippen molar-refractivity contribution in [1.82, 2.24) is 10.3 Å². The number of rotatable bonds is 9. The second kappa shape index (κ2) is 11.3. The Balaban J connectivity index is 1.44. The molecular formula is C25H27ClF3N3O3. The molecular weight excluding hydrogens is 483 g/mol. The molecule has 1 aromatic heterocycles. The summed E-state index contributed by atoms with van der Waals surface area (Å²) in [5.41, 5.74) is 2.42. The van der Waals surface area contributed by atoms with Crippen molar-refractivity contribution in [2.24, 2.45) is 17.0 Å². The topological polar surface area (TPSA) is 72.8 Å². The summed E-state index contributed by atoms with van der Waals surface area (Å²) in [5, 5.41) is 7.19. The number of hydrogen-bond donors (Lipinski definition) is 1. The second-order valence-electron chi connectivity index (χ2n) is 8.96. The van der Waals surface area contributed by atoms with Gasteiger partial charge in [0.2, 0.25) is 12.5 Å². The molecule has 2 fully saturated rings. The zero-order chi connectivity index (χ0) is 24.8. The molecule has 1 aromatic carbocycles. The molecule has 35 heavy (non-hydrogen) atoms. The van der Waals surface area contributed by atoms with E-state index >= 15 is 0 Å². The van der Waals surface area contributed by atoms with E-state index in [1.54, 1.807) is 18.2 Å². The van der Waals surface area contributed by atoms with E-state index in [4.69, 9.17) is 16.3 Å². The van der Waals surface area contributed by atoms with Crippen molar-refractivity contribution in [1.29, 1.82) is 0 Å². The molecule has 188 valence electrons. The third-order valence-electron chi connectivity index (χ3n) is 6.05. The van der Waals surface area contributed by atoms with Gasteiger partial charge in [-0.2, -0.15) is 13.2 Å². The fraction of sp³-hybridized carbons (Fsp3) is 0.480. The van der Waals surface area contributed by atoms with Crippen molar-refractivity contribution < 1.29 is 27.5 Å². The minimum Gasteiger partial charge on any atom is -0.477 e. The number of pyridine rings is 1. The highest BCUT2D eigenvalue weighted by Gasteiger charge is 2.29. The molecule has 1 unspecified atom stereocenters. The van der Waals surface area contributed by atoms with Crippen LogP contribution in [0, 0.1) is 11.8 Å². The van der Waals surface area contributed by atoms with Crippen LogP contribution in [0.4, 0.5) is 13.2 Å². The van der Waals surface area contributed by atoms with Gasteiger partial charge in [0.25, 0.3) is 5.91 Å². The average molecular weight is 510 g/mol. The van der Waals surface area contributed by atoms with Crippen LogP contribution in [0.1, 0.15) is 48.9 Å². The van der Waals surface area contributed by atoms with Crippen LogP contribution in [0.25, 0.3) is 11.1 Å². The monoisotopic (exact) mass is 509 g/mol. The molecule has 2 aliphatic carbocycles. The van der Waals surface area contributed by atoms with Crippen LogP contribution >= 0.6 is 11.6 Å². The molecule has 2 saturated carbocycles. The van der Waals surface area contributed by atoms with E-state index in [1.807, 2.05) is 12.1 Å². The maximum absolute atomic E-state index is 12.9. The van der Waals surface area contributed by atoms with Gasteiger partial charge in [0.05, 0.1) is 17.9 Å². The van der Waals surface area contributed by atoms with Crippen molar-refractivity contribution in [3.05, 3.63) is 47.1 Å². The third kappa shape index (κ3) is 7.59. The Hall–Kier alpha value is -2.81. The maximum Gasteiger partial charge on any atom is 0.425 e. The zero-order valence-corrected chi connectivity index (χ0v) is 19.9. The summed E-state index contributed by atoms with van der Waals surface area (Å²) >= 11 is 6.03. The van der Waals surface area contributed by atoms with Crippen LogP contribution in [0.3, 0.4) is 0 Å². The quantitative estimate of drug-likeness (QED) is 0.418. The summed E-state index contributed by atoms with van der Waals surface area (Å²) in [6.45, 7) is -0.591. The number of nitrogens with one attached hydrogen (secondary N) is 1. The van der Waals surface area contributed by atoms with Gasteiger partial charge < -0.3 is 14.9 Å². The van der Waals surface area contributed by atoms with Gasteiger partial charge in [-0.15, -0.1) is 0 Å². The minimum absolute atomic E-state index is 0.175. The first kappa shape index (κ1) is 25.3. The Morgan fingerprint density at radius 2 is 1.94 bits per heavy atom. The normalized spacial score (nSPS) is 19.4. The molecule has 1 amide bonds. The van der Waals surface area contributed by atoms with Crippen molar-refractivity contribution in [2.75, 3.05) is 19.8 Å². The smallest absolute Gasteiger partial charge is 0.425 e. The number of carbonyl (C=O) groups excluding carboxylic acids is 1. The maximum atomic E-state index is 12.9. The van der Waals surface area contributed by atoms with Gasteiger partial charge >= 0.3 is 6.18 Å². The number of oxime groups is 1. The third-order valence-corrected chi connectivity index (χ3v) is 6.30. The number of hydrogen-bond acceptors (Lipinski definition) is 5.